The molecule has 0 unspecified atom stereocenters. The van der Waals surface area contributed by atoms with Crippen molar-refractivity contribution in [3.05, 3.63) is 129 Å². The van der Waals surface area contributed by atoms with Gasteiger partial charge < -0.3 is 9.47 Å². The van der Waals surface area contributed by atoms with Gasteiger partial charge in [0.15, 0.2) is 0 Å². The van der Waals surface area contributed by atoms with Gasteiger partial charge in [-0.05, 0) is 74.0 Å². The van der Waals surface area contributed by atoms with E-state index in [9.17, 15) is 9.59 Å². The van der Waals surface area contributed by atoms with Gasteiger partial charge in [-0.3, -0.25) is 4.79 Å². The zero-order chi connectivity index (χ0) is 26.2. The first kappa shape index (κ1) is 25.9. The lowest BCUT2D eigenvalue weighted by Crippen LogP contribution is -2.17. The lowest BCUT2D eigenvalue weighted by Gasteiger charge is -2.09. The van der Waals surface area contributed by atoms with Crippen LogP contribution >= 0.6 is 15.9 Å². The molecule has 0 saturated heterocycles. The summed E-state index contributed by atoms with van der Waals surface area (Å²) in [7, 11) is 0. The number of ether oxygens (including phenoxy) is 2. The van der Waals surface area contributed by atoms with Crippen LogP contribution in [0.3, 0.4) is 0 Å². The highest BCUT2D eigenvalue weighted by Crippen LogP contribution is 2.23. The summed E-state index contributed by atoms with van der Waals surface area (Å²) in [4.78, 5) is 25.1. The summed E-state index contributed by atoms with van der Waals surface area (Å²) in [6.07, 6.45) is 1.43. The highest BCUT2D eigenvalue weighted by Gasteiger charge is 2.12. The first-order valence-corrected chi connectivity index (χ1v) is 12.4. The van der Waals surface area contributed by atoms with Gasteiger partial charge in [-0.2, -0.15) is 5.10 Å². The Bertz CT molecular complexity index is 1410. The van der Waals surface area contributed by atoms with E-state index in [1.54, 1.807) is 54.6 Å². The van der Waals surface area contributed by atoms with Crippen molar-refractivity contribution >= 4 is 34.0 Å². The molecule has 0 aliphatic heterocycles. The average Bonchev–Trinajstić information content (AvgIpc) is 2.90. The predicted octanol–water partition coefficient (Wildman–Crippen LogP) is 6.63. The maximum atomic E-state index is 12.5. The van der Waals surface area contributed by atoms with Crippen molar-refractivity contribution in [1.82, 2.24) is 5.43 Å². The number of nitrogens with zero attached hydrogens (tertiary/aromatic N) is 1. The molecule has 7 heteroatoms. The first-order chi connectivity index (χ1) is 17.9. The number of hydrazone groups is 1. The van der Waals surface area contributed by atoms with E-state index in [0.29, 0.717) is 34.8 Å². The molecule has 0 aliphatic carbocycles. The molecule has 6 nitrogen and oxygen atoms in total. The van der Waals surface area contributed by atoms with E-state index < -0.39 is 5.97 Å². The maximum Gasteiger partial charge on any atom is 0.343 e. The Hall–Kier alpha value is -4.23. The molecule has 0 bridgehead atoms. The quantitative estimate of drug-likeness (QED) is 0.114. The molecule has 1 amide bonds. The fraction of sp³-hybridized carbons (Fsp3) is 0.100. The van der Waals surface area contributed by atoms with Gasteiger partial charge in [-0.1, -0.05) is 63.5 Å². The smallest absolute Gasteiger partial charge is 0.343 e. The fourth-order valence-corrected chi connectivity index (χ4v) is 3.72. The van der Waals surface area contributed by atoms with Crippen molar-refractivity contribution in [3.63, 3.8) is 0 Å². The molecular weight excluding hydrogens is 532 g/mol. The molecule has 186 valence electrons. The normalized spacial score (nSPS) is 10.8. The Morgan fingerprint density at radius 1 is 0.838 bits per heavy atom. The molecule has 0 atom stereocenters. The van der Waals surface area contributed by atoms with Crippen molar-refractivity contribution in [2.45, 2.75) is 20.5 Å². The second-order valence-corrected chi connectivity index (χ2v) is 9.35. The van der Waals surface area contributed by atoms with Crippen LogP contribution in [0.15, 0.2) is 101 Å². The molecule has 0 spiro atoms. The van der Waals surface area contributed by atoms with Gasteiger partial charge in [0.1, 0.15) is 18.1 Å². The van der Waals surface area contributed by atoms with Crippen LogP contribution in [0, 0.1) is 13.8 Å². The van der Waals surface area contributed by atoms with E-state index in [-0.39, 0.29) is 5.91 Å². The molecule has 0 heterocycles. The minimum Gasteiger partial charge on any atom is -0.489 e. The molecule has 0 radical (unpaired) electrons. The second kappa shape index (κ2) is 12.1. The number of carbonyl (C=O) groups excluding carboxylic acids is 2. The first-order valence-electron chi connectivity index (χ1n) is 11.6. The summed E-state index contributed by atoms with van der Waals surface area (Å²) in [5.41, 5.74) is 7.21. The topological polar surface area (TPSA) is 77.0 Å². The van der Waals surface area contributed by atoms with Gasteiger partial charge in [0.2, 0.25) is 0 Å². The van der Waals surface area contributed by atoms with Gasteiger partial charge in [0, 0.05) is 15.6 Å². The van der Waals surface area contributed by atoms with E-state index in [4.69, 9.17) is 9.47 Å². The number of nitrogens with one attached hydrogen (secondary N) is 1. The molecule has 0 saturated carbocycles. The third-order valence-corrected chi connectivity index (χ3v) is 5.97. The minimum atomic E-state index is -0.481. The standard InChI is InChI=1S/C30H25BrN2O4/c1-20-3-7-22(8-4-20)19-36-27-14-11-23(12-15-27)29(34)33-32-18-25-17-26(31)13-16-28(25)37-30(35)24-9-5-21(2)6-10-24/h3-18H,19H2,1-2H3,(H,33,34)/b32-18-. The Kier molecular flexibility index (Phi) is 8.48. The summed E-state index contributed by atoms with van der Waals surface area (Å²) in [5.74, 6) is 0.122. The zero-order valence-electron chi connectivity index (χ0n) is 20.4. The molecule has 0 aliphatic rings. The van der Waals surface area contributed by atoms with Crippen LogP contribution in [0.1, 0.15) is 43.0 Å². The van der Waals surface area contributed by atoms with Gasteiger partial charge in [-0.25, -0.2) is 10.2 Å². The molecule has 4 rings (SSSR count). The van der Waals surface area contributed by atoms with Crippen LogP contribution in [0.4, 0.5) is 0 Å². The van der Waals surface area contributed by atoms with E-state index in [0.717, 1.165) is 15.6 Å². The summed E-state index contributed by atoms with van der Waals surface area (Å²) in [6.45, 7) is 4.43. The van der Waals surface area contributed by atoms with E-state index in [1.165, 1.54) is 11.8 Å². The van der Waals surface area contributed by atoms with Crippen LogP contribution in [0.2, 0.25) is 0 Å². The van der Waals surface area contributed by atoms with Crippen molar-refractivity contribution in [2.24, 2.45) is 5.10 Å². The van der Waals surface area contributed by atoms with Gasteiger partial charge >= 0.3 is 5.97 Å². The molecule has 4 aromatic rings. The molecule has 0 aromatic heterocycles. The highest BCUT2D eigenvalue weighted by molar-refractivity contribution is 9.10. The van der Waals surface area contributed by atoms with Crippen LogP contribution in [-0.2, 0) is 6.61 Å². The summed E-state index contributed by atoms with van der Waals surface area (Å²) in [6, 6.07) is 27.2. The number of hydrogen-bond acceptors (Lipinski definition) is 5. The largest absolute Gasteiger partial charge is 0.489 e. The predicted molar refractivity (Wildman–Crippen MR) is 147 cm³/mol. The van der Waals surface area contributed by atoms with Crippen molar-refractivity contribution < 1.29 is 19.1 Å². The van der Waals surface area contributed by atoms with Gasteiger partial charge in [-0.15, -0.1) is 0 Å². The number of carbonyl (C=O) groups is 2. The molecule has 37 heavy (non-hydrogen) atoms. The number of aryl methyl sites for hydroxylation is 2. The lowest BCUT2D eigenvalue weighted by molar-refractivity contribution is 0.0734. The number of rotatable bonds is 8. The van der Waals surface area contributed by atoms with Crippen molar-refractivity contribution in [1.29, 1.82) is 0 Å². The number of benzene rings is 4. The van der Waals surface area contributed by atoms with Crippen LogP contribution in [0.25, 0.3) is 0 Å². The third-order valence-electron chi connectivity index (χ3n) is 5.47. The van der Waals surface area contributed by atoms with Crippen LogP contribution in [0.5, 0.6) is 11.5 Å². The molecule has 1 N–H and O–H groups in total. The Morgan fingerprint density at radius 2 is 1.46 bits per heavy atom. The number of halogens is 1. The monoisotopic (exact) mass is 556 g/mol. The fourth-order valence-electron chi connectivity index (χ4n) is 3.34. The Labute approximate surface area is 224 Å². The molecule has 4 aromatic carbocycles. The molecular formula is C30H25BrN2O4. The number of esters is 1. The van der Waals surface area contributed by atoms with Crippen molar-refractivity contribution in [2.75, 3.05) is 0 Å². The minimum absolute atomic E-state index is 0.321. The average molecular weight is 557 g/mol. The zero-order valence-corrected chi connectivity index (χ0v) is 22.0. The van der Waals surface area contributed by atoms with E-state index in [1.807, 2.05) is 50.2 Å². The van der Waals surface area contributed by atoms with Gasteiger partial charge in [0.05, 0.1) is 11.8 Å². The van der Waals surface area contributed by atoms with Crippen LogP contribution < -0.4 is 14.9 Å². The SMILES string of the molecule is Cc1ccc(COc2ccc(C(=O)N/N=C\c3cc(Br)ccc3OC(=O)c3ccc(C)cc3)cc2)cc1. The maximum absolute atomic E-state index is 12.5. The summed E-state index contributed by atoms with van der Waals surface area (Å²) in [5, 5.41) is 4.05. The highest BCUT2D eigenvalue weighted by atomic mass is 79.9. The lowest BCUT2D eigenvalue weighted by atomic mass is 10.1. The second-order valence-electron chi connectivity index (χ2n) is 8.44. The molecule has 0 fully saturated rings. The number of amides is 1. The Morgan fingerprint density at radius 3 is 2.14 bits per heavy atom. The summed E-state index contributed by atoms with van der Waals surface area (Å²) >= 11 is 3.41. The third kappa shape index (κ3) is 7.38. The van der Waals surface area contributed by atoms with Crippen LogP contribution in [-0.4, -0.2) is 18.1 Å². The number of hydrogen-bond donors (Lipinski definition) is 1. The van der Waals surface area contributed by atoms with E-state index >= 15 is 0 Å². The van der Waals surface area contributed by atoms with Crippen molar-refractivity contribution in [3.8, 4) is 11.5 Å². The summed E-state index contributed by atoms with van der Waals surface area (Å²) < 4.78 is 12.1. The Balaban J connectivity index is 1.36. The van der Waals surface area contributed by atoms with Gasteiger partial charge in [0.25, 0.3) is 5.91 Å². The van der Waals surface area contributed by atoms with E-state index in [2.05, 4.69) is 26.5 Å².